The molecule has 8 heteroatoms. The number of para-hydroxylation sites is 2. The van der Waals surface area contributed by atoms with Crippen LogP contribution in [0.15, 0.2) is 30.3 Å². The van der Waals surface area contributed by atoms with Crippen molar-refractivity contribution in [1.82, 2.24) is 19.9 Å². The van der Waals surface area contributed by atoms with Crippen molar-refractivity contribution < 1.29 is 0 Å². The van der Waals surface area contributed by atoms with Gasteiger partial charge in [-0.2, -0.15) is 0 Å². The molecule has 1 aromatic carbocycles. The number of anilines is 1. The fourth-order valence-electron chi connectivity index (χ4n) is 2.68. The van der Waals surface area contributed by atoms with E-state index in [0.29, 0.717) is 16.9 Å². The van der Waals surface area contributed by atoms with Gasteiger partial charge >= 0.3 is 0 Å². The van der Waals surface area contributed by atoms with Crippen molar-refractivity contribution in [1.29, 1.82) is 0 Å². The number of thiol groups is 2. The van der Waals surface area contributed by atoms with E-state index in [-0.39, 0.29) is 0 Å². The topological polar surface area (TPSA) is 57.7 Å². The predicted molar refractivity (Wildman–Crippen MR) is 101 cm³/mol. The number of fused-ring (bicyclic) bond motifs is 1. The number of hydrogen-bond acceptors (Lipinski definition) is 6. The van der Waals surface area contributed by atoms with E-state index in [2.05, 4.69) is 54.2 Å². The van der Waals surface area contributed by atoms with Crippen LogP contribution in [-0.4, -0.2) is 33.0 Å². The lowest BCUT2D eigenvalue weighted by Crippen LogP contribution is -2.46. The van der Waals surface area contributed by atoms with Gasteiger partial charge in [0.1, 0.15) is 22.6 Å². The van der Waals surface area contributed by atoms with Crippen molar-refractivity contribution in [2.45, 2.75) is 12.8 Å². The highest BCUT2D eigenvalue weighted by Crippen LogP contribution is 2.30. The van der Waals surface area contributed by atoms with Crippen LogP contribution in [0, 0.1) is 6.92 Å². The molecule has 0 bridgehead atoms. The van der Waals surface area contributed by atoms with E-state index in [4.69, 9.17) is 11.6 Å². The van der Waals surface area contributed by atoms with Gasteiger partial charge in [-0.15, -0.1) is 23.3 Å². The van der Waals surface area contributed by atoms with Gasteiger partial charge in [0.05, 0.1) is 17.0 Å². The minimum atomic E-state index is 0.409. The first kappa shape index (κ1) is 16.4. The SMILES string of the molecule is Cc1nc(Cl)cc(N2CC(c3nc4ccccc4[nH]3)C2)n1.SS. The maximum atomic E-state index is 5.99. The van der Waals surface area contributed by atoms with E-state index in [1.165, 1.54) is 0 Å². The number of halogens is 1. The molecule has 0 amide bonds. The van der Waals surface area contributed by atoms with Gasteiger partial charge in [-0.25, -0.2) is 15.0 Å². The number of nitrogens with one attached hydrogen (secondary N) is 1. The smallest absolute Gasteiger partial charge is 0.134 e. The Kier molecular flexibility index (Phi) is 4.99. The van der Waals surface area contributed by atoms with E-state index < -0.39 is 0 Å². The zero-order valence-electron chi connectivity index (χ0n) is 12.4. The summed E-state index contributed by atoms with van der Waals surface area (Å²) in [5, 5.41) is 0.490. The minimum absolute atomic E-state index is 0.409. The van der Waals surface area contributed by atoms with Crippen LogP contribution in [0.25, 0.3) is 11.0 Å². The maximum Gasteiger partial charge on any atom is 0.134 e. The molecule has 120 valence electrons. The lowest BCUT2D eigenvalue weighted by atomic mass is 9.99. The first-order valence-electron chi connectivity index (χ1n) is 7.10. The van der Waals surface area contributed by atoms with Crippen LogP contribution in [0.4, 0.5) is 5.82 Å². The molecule has 0 radical (unpaired) electrons. The predicted octanol–water partition coefficient (Wildman–Crippen LogP) is 3.68. The van der Waals surface area contributed by atoms with Gasteiger partial charge in [0, 0.05) is 19.2 Å². The first-order chi connectivity index (χ1) is 11.2. The van der Waals surface area contributed by atoms with Gasteiger partial charge < -0.3 is 9.88 Å². The van der Waals surface area contributed by atoms with Gasteiger partial charge in [0.2, 0.25) is 0 Å². The van der Waals surface area contributed by atoms with Crippen molar-refractivity contribution in [3.8, 4) is 0 Å². The Morgan fingerprint density at radius 1 is 1.17 bits per heavy atom. The molecule has 0 atom stereocenters. The summed E-state index contributed by atoms with van der Waals surface area (Å²) in [5.74, 6) is 3.04. The van der Waals surface area contributed by atoms with Crippen LogP contribution in [0.3, 0.4) is 0 Å². The monoisotopic (exact) mass is 365 g/mol. The lowest BCUT2D eigenvalue weighted by Gasteiger charge is -2.39. The van der Waals surface area contributed by atoms with Gasteiger partial charge in [-0.1, -0.05) is 23.7 Å². The number of benzene rings is 1. The van der Waals surface area contributed by atoms with Crippen molar-refractivity contribution >= 4 is 51.8 Å². The Morgan fingerprint density at radius 3 is 2.61 bits per heavy atom. The molecule has 1 saturated heterocycles. The van der Waals surface area contributed by atoms with E-state index in [0.717, 1.165) is 35.8 Å². The second kappa shape index (κ2) is 6.98. The summed E-state index contributed by atoms with van der Waals surface area (Å²) in [7, 11) is 0. The Morgan fingerprint density at radius 2 is 1.91 bits per heavy atom. The summed E-state index contributed by atoms with van der Waals surface area (Å²) < 4.78 is 0. The van der Waals surface area contributed by atoms with E-state index in [1.54, 1.807) is 0 Å². The highest BCUT2D eigenvalue weighted by Gasteiger charge is 2.31. The molecule has 1 aliphatic rings. The molecule has 0 saturated carbocycles. The van der Waals surface area contributed by atoms with Crippen LogP contribution < -0.4 is 4.90 Å². The van der Waals surface area contributed by atoms with Crippen LogP contribution >= 0.6 is 34.9 Å². The van der Waals surface area contributed by atoms with Gasteiger partial charge in [0.25, 0.3) is 0 Å². The number of aryl methyl sites for hydroxylation is 1. The van der Waals surface area contributed by atoms with Crippen molar-refractivity contribution in [2.75, 3.05) is 18.0 Å². The van der Waals surface area contributed by atoms with Crippen molar-refractivity contribution in [3.05, 3.63) is 47.1 Å². The molecule has 2 aromatic heterocycles. The number of imidazole rings is 1. The summed E-state index contributed by atoms with van der Waals surface area (Å²) in [5.41, 5.74) is 2.11. The largest absolute Gasteiger partial charge is 0.355 e. The second-order valence-corrected chi connectivity index (χ2v) is 5.72. The number of nitrogens with zero attached hydrogens (tertiary/aromatic N) is 4. The Labute approximate surface area is 149 Å². The fraction of sp³-hybridized carbons (Fsp3) is 0.267. The molecule has 0 unspecified atom stereocenters. The van der Waals surface area contributed by atoms with E-state index in [1.807, 2.05) is 31.2 Å². The first-order valence-corrected chi connectivity index (χ1v) is 9.07. The summed E-state index contributed by atoms with van der Waals surface area (Å²) in [6.45, 7) is 3.64. The zero-order chi connectivity index (χ0) is 16.4. The Hall–Kier alpha value is -1.44. The van der Waals surface area contributed by atoms with E-state index >= 15 is 0 Å². The lowest BCUT2D eigenvalue weighted by molar-refractivity contribution is 0.500. The number of aromatic amines is 1. The number of aromatic nitrogens is 4. The molecule has 1 N–H and O–H groups in total. The summed E-state index contributed by atoms with van der Waals surface area (Å²) in [6.07, 6.45) is 0. The summed E-state index contributed by atoms with van der Waals surface area (Å²) in [6, 6.07) is 9.91. The highest BCUT2D eigenvalue weighted by molar-refractivity contribution is 8.59. The van der Waals surface area contributed by atoms with Crippen LogP contribution in [0.2, 0.25) is 5.15 Å². The number of rotatable bonds is 2. The van der Waals surface area contributed by atoms with Gasteiger partial charge in [0.15, 0.2) is 0 Å². The van der Waals surface area contributed by atoms with Crippen LogP contribution in [-0.2, 0) is 0 Å². The molecular weight excluding hydrogens is 350 g/mol. The molecule has 5 nitrogen and oxygen atoms in total. The second-order valence-electron chi connectivity index (χ2n) is 5.34. The third-order valence-electron chi connectivity index (χ3n) is 3.79. The highest BCUT2D eigenvalue weighted by atomic mass is 35.5. The quantitative estimate of drug-likeness (QED) is 0.368. The molecule has 3 aromatic rings. The Balaban J connectivity index is 0.000000753. The molecule has 23 heavy (non-hydrogen) atoms. The number of hydrogen-bond donors (Lipinski definition) is 3. The fourth-order valence-corrected chi connectivity index (χ4v) is 2.90. The van der Waals surface area contributed by atoms with Crippen LogP contribution in [0.1, 0.15) is 17.6 Å². The molecule has 1 aliphatic heterocycles. The average Bonchev–Trinajstić information content (AvgIpc) is 2.90. The van der Waals surface area contributed by atoms with Crippen LogP contribution in [0.5, 0.6) is 0 Å². The van der Waals surface area contributed by atoms with Crippen molar-refractivity contribution in [3.63, 3.8) is 0 Å². The van der Waals surface area contributed by atoms with Crippen molar-refractivity contribution in [2.24, 2.45) is 0 Å². The van der Waals surface area contributed by atoms with Gasteiger partial charge in [-0.3, -0.25) is 0 Å². The zero-order valence-corrected chi connectivity index (χ0v) is 15.0. The third-order valence-corrected chi connectivity index (χ3v) is 3.99. The minimum Gasteiger partial charge on any atom is -0.355 e. The normalized spacial score (nSPS) is 14.3. The standard InChI is InChI=1S/C15H14ClN5.H2S2/c1-9-17-13(16)6-14(18-9)21-7-10(8-21)15-19-11-4-2-3-5-12(11)20-15;1-2/h2-6,10H,7-8H2,1H3,(H,19,20);1-2H. The summed E-state index contributed by atoms with van der Waals surface area (Å²) in [4.78, 5) is 18.8. The Bertz CT molecular complexity index is 763. The third kappa shape index (κ3) is 3.41. The van der Waals surface area contributed by atoms with E-state index in [9.17, 15) is 0 Å². The molecular formula is C15H16ClN5S2. The molecule has 4 rings (SSSR count). The molecule has 1 fully saturated rings. The molecule has 0 spiro atoms. The van der Waals surface area contributed by atoms with Gasteiger partial charge in [-0.05, 0) is 19.1 Å². The molecule has 0 aliphatic carbocycles. The molecule has 3 heterocycles. The average molecular weight is 366 g/mol. The maximum absolute atomic E-state index is 5.99. The number of H-pyrrole nitrogens is 1. The summed E-state index contributed by atoms with van der Waals surface area (Å²) >= 11 is 12.4.